The Bertz CT molecular complexity index is 1020. The van der Waals surface area contributed by atoms with Crippen molar-refractivity contribution in [1.82, 2.24) is 14.5 Å². The Labute approximate surface area is 193 Å². The lowest BCUT2D eigenvalue weighted by Crippen LogP contribution is -2.45. The molecule has 0 saturated carbocycles. The van der Waals surface area contributed by atoms with Crippen molar-refractivity contribution in [1.29, 1.82) is 0 Å². The molecule has 4 rings (SSSR count). The Morgan fingerprint density at radius 3 is 2.61 bits per heavy atom. The monoisotopic (exact) mass is 479 g/mol. The summed E-state index contributed by atoms with van der Waals surface area (Å²) in [6, 6.07) is 10.3. The SMILES string of the molecule is CCC(CNC(=O)c1sccc1S(=O)(=O)N1CCSCC1)N1CCc2ccccc2C1. The molecule has 31 heavy (non-hydrogen) atoms. The van der Waals surface area contributed by atoms with Gasteiger partial charge >= 0.3 is 0 Å². The second-order valence-corrected chi connectivity index (χ2v) is 11.9. The number of carbonyl (C=O) groups is 1. The fraction of sp³-hybridized carbons (Fsp3) is 0.500. The van der Waals surface area contributed by atoms with Crippen LogP contribution < -0.4 is 5.32 Å². The van der Waals surface area contributed by atoms with Crippen LogP contribution in [0.1, 0.15) is 34.1 Å². The number of amides is 1. The van der Waals surface area contributed by atoms with Gasteiger partial charge in [0.15, 0.2) is 0 Å². The van der Waals surface area contributed by atoms with Gasteiger partial charge in [-0.2, -0.15) is 16.1 Å². The third kappa shape index (κ3) is 5.01. The molecule has 0 bridgehead atoms. The van der Waals surface area contributed by atoms with E-state index in [0.717, 1.165) is 37.4 Å². The minimum atomic E-state index is -3.63. The number of carbonyl (C=O) groups excluding carboxylic acids is 1. The molecule has 2 aliphatic heterocycles. The molecule has 1 amide bonds. The van der Waals surface area contributed by atoms with Crippen molar-refractivity contribution >= 4 is 39.0 Å². The summed E-state index contributed by atoms with van der Waals surface area (Å²) in [5.41, 5.74) is 2.76. The Balaban J connectivity index is 1.42. The van der Waals surface area contributed by atoms with E-state index in [0.29, 0.717) is 19.6 Å². The van der Waals surface area contributed by atoms with Crippen LogP contribution in [0, 0.1) is 0 Å². The van der Waals surface area contributed by atoms with Crippen LogP contribution in [-0.2, 0) is 23.0 Å². The number of nitrogens with zero attached hydrogens (tertiary/aromatic N) is 2. The van der Waals surface area contributed by atoms with Gasteiger partial charge in [-0.05, 0) is 35.4 Å². The smallest absolute Gasteiger partial charge is 0.262 e. The maximum atomic E-state index is 13.1. The van der Waals surface area contributed by atoms with E-state index in [1.165, 1.54) is 26.8 Å². The number of sulfonamides is 1. The summed E-state index contributed by atoms with van der Waals surface area (Å²) in [6.07, 6.45) is 1.94. The van der Waals surface area contributed by atoms with Crippen molar-refractivity contribution in [2.24, 2.45) is 0 Å². The lowest BCUT2D eigenvalue weighted by Gasteiger charge is -2.35. The van der Waals surface area contributed by atoms with E-state index in [1.807, 2.05) is 0 Å². The van der Waals surface area contributed by atoms with Gasteiger partial charge in [-0.3, -0.25) is 9.69 Å². The van der Waals surface area contributed by atoms with Gasteiger partial charge in [0, 0.05) is 50.3 Å². The molecule has 9 heteroatoms. The summed E-state index contributed by atoms with van der Waals surface area (Å²) >= 11 is 2.96. The predicted molar refractivity (Wildman–Crippen MR) is 127 cm³/mol. The van der Waals surface area contributed by atoms with Gasteiger partial charge in [0.1, 0.15) is 9.77 Å². The predicted octanol–water partition coefficient (Wildman–Crippen LogP) is 3.05. The van der Waals surface area contributed by atoms with Crippen LogP contribution >= 0.6 is 23.1 Å². The lowest BCUT2D eigenvalue weighted by molar-refractivity contribution is 0.0927. The number of hydrogen-bond acceptors (Lipinski definition) is 6. The Hall–Kier alpha value is -1.39. The van der Waals surface area contributed by atoms with E-state index in [-0.39, 0.29) is 21.7 Å². The van der Waals surface area contributed by atoms with Gasteiger partial charge in [0.2, 0.25) is 10.0 Å². The van der Waals surface area contributed by atoms with Crippen LogP contribution in [0.25, 0.3) is 0 Å². The van der Waals surface area contributed by atoms with Gasteiger partial charge in [-0.1, -0.05) is 31.2 Å². The van der Waals surface area contributed by atoms with Crippen LogP contribution in [0.4, 0.5) is 0 Å². The Kier molecular flexibility index (Phi) is 7.38. The zero-order chi connectivity index (χ0) is 21.8. The summed E-state index contributed by atoms with van der Waals surface area (Å²) in [5.74, 6) is 1.29. The number of benzene rings is 1. The number of rotatable bonds is 7. The average molecular weight is 480 g/mol. The zero-order valence-corrected chi connectivity index (χ0v) is 20.2. The normalized spacial score (nSPS) is 19.0. The molecule has 0 aliphatic carbocycles. The zero-order valence-electron chi connectivity index (χ0n) is 17.7. The highest BCUT2D eigenvalue weighted by Crippen LogP contribution is 2.27. The number of hydrogen-bond donors (Lipinski definition) is 1. The summed E-state index contributed by atoms with van der Waals surface area (Å²) in [7, 11) is -3.63. The van der Waals surface area contributed by atoms with Crippen LogP contribution in [0.3, 0.4) is 0 Å². The van der Waals surface area contributed by atoms with Gasteiger partial charge in [-0.25, -0.2) is 8.42 Å². The maximum Gasteiger partial charge on any atom is 0.262 e. The highest BCUT2D eigenvalue weighted by molar-refractivity contribution is 7.99. The first-order valence-corrected chi connectivity index (χ1v) is 14.2. The van der Waals surface area contributed by atoms with E-state index in [1.54, 1.807) is 23.2 Å². The van der Waals surface area contributed by atoms with Gasteiger partial charge in [0.05, 0.1) is 0 Å². The minimum absolute atomic E-state index is 0.141. The molecule has 2 aromatic rings. The maximum absolute atomic E-state index is 13.1. The van der Waals surface area contributed by atoms with Gasteiger partial charge in [-0.15, -0.1) is 11.3 Å². The average Bonchev–Trinajstić information content (AvgIpc) is 3.31. The third-order valence-electron chi connectivity index (χ3n) is 6.07. The standard InChI is InChI=1S/C22H29N3O3S3/c1-2-19(24-9-7-17-5-3-4-6-18(17)16-24)15-23-22(26)21-20(8-12-30-21)31(27,28)25-10-13-29-14-11-25/h3-6,8,12,19H,2,7,9-11,13-16H2,1H3,(H,23,26). The molecule has 1 atom stereocenters. The highest BCUT2D eigenvalue weighted by Gasteiger charge is 2.31. The van der Waals surface area contributed by atoms with Crippen molar-refractivity contribution < 1.29 is 13.2 Å². The van der Waals surface area contributed by atoms with E-state index in [9.17, 15) is 13.2 Å². The molecule has 1 N–H and O–H groups in total. The molecule has 3 heterocycles. The van der Waals surface area contributed by atoms with Crippen molar-refractivity contribution in [3.05, 3.63) is 51.7 Å². The second-order valence-electron chi connectivity index (χ2n) is 7.89. The third-order valence-corrected chi connectivity index (χ3v) is 10.00. The number of nitrogens with one attached hydrogen (secondary N) is 1. The Morgan fingerprint density at radius 2 is 1.87 bits per heavy atom. The second kappa shape index (κ2) is 10.0. The Morgan fingerprint density at radius 1 is 1.13 bits per heavy atom. The van der Waals surface area contributed by atoms with E-state index < -0.39 is 10.0 Å². The molecule has 1 aromatic carbocycles. The fourth-order valence-electron chi connectivity index (χ4n) is 4.24. The molecule has 1 saturated heterocycles. The molecule has 1 aromatic heterocycles. The minimum Gasteiger partial charge on any atom is -0.350 e. The van der Waals surface area contributed by atoms with Crippen LogP contribution in [0.5, 0.6) is 0 Å². The molecule has 1 fully saturated rings. The van der Waals surface area contributed by atoms with Gasteiger partial charge in [0.25, 0.3) is 5.91 Å². The highest BCUT2D eigenvalue weighted by atomic mass is 32.2. The number of thioether (sulfide) groups is 1. The number of thiophene rings is 1. The lowest BCUT2D eigenvalue weighted by atomic mass is 9.98. The van der Waals surface area contributed by atoms with Gasteiger partial charge < -0.3 is 5.32 Å². The molecular weight excluding hydrogens is 450 g/mol. The first-order valence-electron chi connectivity index (χ1n) is 10.7. The van der Waals surface area contributed by atoms with Crippen molar-refractivity contribution in [2.75, 3.05) is 37.7 Å². The summed E-state index contributed by atoms with van der Waals surface area (Å²) < 4.78 is 27.6. The molecular formula is C22H29N3O3S3. The van der Waals surface area contributed by atoms with Crippen molar-refractivity contribution in [3.8, 4) is 0 Å². The molecule has 0 spiro atoms. The summed E-state index contributed by atoms with van der Waals surface area (Å²) in [4.78, 5) is 15.8. The van der Waals surface area contributed by atoms with Crippen LogP contribution in [0.2, 0.25) is 0 Å². The largest absolute Gasteiger partial charge is 0.350 e. The summed E-state index contributed by atoms with van der Waals surface area (Å²) in [6.45, 7) is 5.49. The van der Waals surface area contributed by atoms with Crippen LogP contribution in [0.15, 0.2) is 40.6 Å². The van der Waals surface area contributed by atoms with Crippen molar-refractivity contribution in [2.45, 2.75) is 37.2 Å². The first-order chi connectivity index (χ1) is 15.0. The molecule has 168 valence electrons. The molecule has 1 unspecified atom stereocenters. The quantitative estimate of drug-likeness (QED) is 0.661. The molecule has 2 aliphatic rings. The fourth-order valence-corrected chi connectivity index (χ4v) is 8.14. The van der Waals surface area contributed by atoms with E-state index in [2.05, 4.69) is 41.4 Å². The van der Waals surface area contributed by atoms with Crippen LogP contribution in [-0.4, -0.2) is 67.3 Å². The number of fused-ring (bicyclic) bond motifs is 1. The van der Waals surface area contributed by atoms with E-state index in [4.69, 9.17) is 0 Å². The van der Waals surface area contributed by atoms with Crippen molar-refractivity contribution in [3.63, 3.8) is 0 Å². The summed E-state index contributed by atoms with van der Waals surface area (Å²) in [5, 5.41) is 4.71. The first kappa shape index (κ1) is 22.8. The van der Waals surface area contributed by atoms with E-state index >= 15 is 0 Å². The molecule has 6 nitrogen and oxygen atoms in total. The molecule has 0 radical (unpaired) electrons. The topological polar surface area (TPSA) is 69.7 Å².